The van der Waals surface area contributed by atoms with Crippen LogP contribution in [0.4, 0.5) is 0 Å². The number of hydrogen-bond donors (Lipinski definition) is 1. The van der Waals surface area contributed by atoms with Crippen LogP contribution in [0.1, 0.15) is 64.6 Å². The second-order valence-electron chi connectivity index (χ2n) is 6.53. The molecule has 0 bridgehead atoms. The van der Waals surface area contributed by atoms with Gasteiger partial charge >= 0.3 is 5.97 Å². The van der Waals surface area contributed by atoms with Crippen molar-refractivity contribution < 1.29 is 36.0 Å². The number of aryl methyl sites for hydroxylation is 1. The zero-order chi connectivity index (χ0) is 22.0. The molecule has 0 saturated heterocycles. The quantitative estimate of drug-likeness (QED) is 0.147. The zero-order valence-electron chi connectivity index (χ0n) is 17.9. The van der Waals surface area contributed by atoms with Crippen LogP contribution in [0, 0.1) is 0 Å². The van der Waals surface area contributed by atoms with Crippen LogP contribution >= 0.6 is 0 Å². The van der Waals surface area contributed by atoms with Crippen molar-refractivity contribution in [1.29, 1.82) is 0 Å². The van der Waals surface area contributed by atoms with E-state index in [4.69, 9.17) is 9.47 Å². The highest BCUT2D eigenvalue weighted by Gasteiger charge is 2.13. The van der Waals surface area contributed by atoms with Gasteiger partial charge < -0.3 is 14.0 Å². The largest absolute Gasteiger partial charge is 0.726 e. The Bertz CT molecular complexity index is 632. The van der Waals surface area contributed by atoms with Crippen molar-refractivity contribution in [2.45, 2.75) is 65.2 Å². The second-order valence-corrected chi connectivity index (χ2v) is 7.58. The number of nitrogens with zero attached hydrogens (tertiary/aromatic N) is 1. The Morgan fingerprint density at radius 3 is 2.31 bits per heavy atom. The van der Waals surface area contributed by atoms with E-state index in [0.717, 1.165) is 25.1 Å². The maximum Gasteiger partial charge on any atom is 0.318 e. The minimum Gasteiger partial charge on any atom is -0.726 e. The first-order valence-electron chi connectivity index (χ1n) is 10.2. The molecule has 1 rings (SSSR count). The highest BCUT2D eigenvalue weighted by molar-refractivity contribution is 7.80. The van der Waals surface area contributed by atoms with Gasteiger partial charge in [-0.2, -0.15) is 0 Å². The molecular formula is C19H36N2O7S. The van der Waals surface area contributed by atoms with Gasteiger partial charge in [0.15, 0.2) is 0 Å². The zero-order valence-corrected chi connectivity index (χ0v) is 18.7. The van der Waals surface area contributed by atoms with Gasteiger partial charge in [-0.3, -0.25) is 8.98 Å². The summed E-state index contributed by atoms with van der Waals surface area (Å²) in [7, 11) is -2.59. The third-order valence-corrected chi connectivity index (χ3v) is 4.31. The molecular weight excluding hydrogens is 400 g/mol. The number of hydrogen-bond acceptors (Lipinski definition) is 7. The summed E-state index contributed by atoms with van der Waals surface area (Å²) in [6, 6.07) is 0. The first-order valence-corrected chi connectivity index (χ1v) is 11.5. The molecule has 0 aliphatic rings. The van der Waals surface area contributed by atoms with Crippen molar-refractivity contribution in [3.63, 3.8) is 0 Å². The average Bonchev–Trinajstić information content (AvgIpc) is 3.05. The Balaban J connectivity index is 0.000000555. The highest BCUT2D eigenvalue weighted by Crippen LogP contribution is 2.05. The fourth-order valence-corrected chi connectivity index (χ4v) is 2.63. The normalized spacial score (nSPS) is 11.0. The van der Waals surface area contributed by atoms with E-state index in [9.17, 15) is 17.8 Å². The number of nitrogens with one attached hydrogen (secondary N) is 1. The number of carbonyl (C=O) groups excluding carboxylic acids is 1. The maximum absolute atomic E-state index is 11.4. The molecule has 0 saturated carbocycles. The Morgan fingerprint density at radius 1 is 1.03 bits per heavy atom. The van der Waals surface area contributed by atoms with Crippen molar-refractivity contribution in [2.75, 3.05) is 26.4 Å². The Morgan fingerprint density at radius 2 is 1.72 bits per heavy atom. The van der Waals surface area contributed by atoms with Crippen LogP contribution in [-0.4, -0.2) is 50.4 Å². The molecule has 0 unspecified atom stereocenters. The van der Waals surface area contributed by atoms with Gasteiger partial charge in [0.2, 0.25) is 10.4 Å². The van der Waals surface area contributed by atoms with Crippen LogP contribution in [0.2, 0.25) is 0 Å². The molecule has 0 amide bonds. The fraction of sp³-hybridized carbons (Fsp3) is 0.789. The van der Waals surface area contributed by atoms with Gasteiger partial charge in [0.25, 0.3) is 5.82 Å². The molecule has 29 heavy (non-hydrogen) atoms. The fourth-order valence-electron chi connectivity index (χ4n) is 2.30. The summed E-state index contributed by atoms with van der Waals surface area (Å²) in [5.74, 6) is 0.595. The lowest BCUT2D eigenvalue weighted by atomic mass is 10.1. The lowest BCUT2D eigenvalue weighted by Crippen LogP contribution is -2.32. The minimum absolute atomic E-state index is 0.0258. The third-order valence-electron chi connectivity index (χ3n) is 3.85. The maximum atomic E-state index is 11.4. The highest BCUT2D eigenvalue weighted by atomic mass is 32.3. The molecule has 0 aliphatic carbocycles. The summed E-state index contributed by atoms with van der Waals surface area (Å²) in [6.07, 6.45) is 11.1. The van der Waals surface area contributed by atoms with Crippen molar-refractivity contribution in [3.05, 3.63) is 18.2 Å². The number of esters is 1. The van der Waals surface area contributed by atoms with E-state index in [0.29, 0.717) is 26.2 Å². The van der Waals surface area contributed by atoms with Crippen LogP contribution < -0.4 is 4.57 Å². The number of aromatic nitrogens is 2. The number of H-pyrrole nitrogens is 1. The van der Waals surface area contributed by atoms with E-state index in [-0.39, 0.29) is 19.0 Å². The number of rotatable bonds is 15. The Labute approximate surface area is 174 Å². The molecule has 0 fully saturated rings. The summed E-state index contributed by atoms with van der Waals surface area (Å²) >= 11 is 0. The first-order chi connectivity index (χ1) is 13.8. The number of ether oxygens (including phenoxy) is 2. The molecule has 1 N–H and O–H groups in total. The average molecular weight is 437 g/mol. The summed E-state index contributed by atoms with van der Waals surface area (Å²) in [6.45, 7) is 5.70. The van der Waals surface area contributed by atoms with E-state index >= 15 is 0 Å². The lowest BCUT2D eigenvalue weighted by molar-refractivity contribution is -0.677. The van der Waals surface area contributed by atoms with Crippen molar-refractivity contribution in [2.24, 2.45) is 7.05 Å². The van der Waals surface area contributed by atoms with Gasteiger partial charge in [-0.15, -0.1) is 0 Å². The molecule has 170 valence electrons. The van der Waals surface area contributed by atoms with Crippen LogP contribution in [0.5, 0.6) is 0 Å². The monoisotopic (exact) mass is 436 g/mol. The second kappa shape index (κ2) is 17.4. The van der Waals surface area contributed by atoms with Gasteiger partial charge in [-0.05, 0) is 12.8 Å². The topological polar surface area (TPSA) is 122 Å². The number of unbranched alkanes of at least 4 members (excludes halogenated alkanes) is 5. The molecule has 0 radical (unpaired) electrons. The summed E-state index contributed by atoms with van der Waals surface area (Å²) in [5, 5.41) is 0. The lowest BCUT2D eigenvalue weighted by Gasteiger charge is -2.06. The van der Waals surface area contributed by atoms with Crippen molar-refractivity contribution >= 4 is 16.4 Å². The molecule has 0 aromatic carbocycles. The van der Waals surface area contributed by atoms with Crippen LogP contribution in [0.25, 0.3) is 0 Å². The predicted octanol–water partition coefficient (Wildman–Crippen LogP) is 2.18. The molecule has 1 aromatic heterocycles. The molecule has 0 atom stereocenters. The van der Waals surface area contributed by atoms with Gasteiger partial charge in [0.1, 0.15) is 25.4 Å². The molecule has 0 spiro atoms. The summed E-state index contributed by atoms with van der Waals surface area (Å²) in [4.78, 5) is 14.4. The number of carbonyl (C=O) groups is 1. The molecule has 1 aromatic rings. The van der Waals surface area contributed by atoms with Gasteiger partial charge in [-0.1, -0.05) is 46.0 Å². The van der Waals surface area contributed by atoms with E-state index < -0.39 is 10.4 Å². The van der Waals surface area contributed by atoms with Crippen molar-refractivity contribution in [3.8, 4) is 0 Å². The van der Waals surface area contributed by atoms with E-state index in [1.807, 2.05) is 24.7 Å². The summed E-state index contributed by atoms with van der Waals surface area (Å²) < 4.78 is 46.1. The molecule has 0 aliphatic heterocycles. The minimum atomic E-state index is -4.47. The molecule has 1 heterocycles. The van der Waals surface area contributed by atoms with Crippen LogP contribution in [0.3, 0.4) is 0 Å². The predicted molar refractivity (Wildman–Crippen MR) is 107 cm³/mol. The SMILES string of the molecule is CCCCCCCCOS(=O)(=O)[O-].CCCOCCOC(=O)Cc1[nH]cc[n+]1C. The smallest absolute Gasteiger partial charge is 0.318 e. The summed E-state index contributed by atoms with van der Waals surface area (Å²) in [5.41, 5.74) is 0. The molecule has 10 heteroatoms. The van der Waals surface area contributed by atoms with Gasteiger partial charge in [0.05, 0.1) is 20.3 Å². The van der Waals surface area contributed by atoms with E-state index in [1.165, 1.54) is 19.3 Å². The van der Waals surface area contributed by atoms with Gasteiger partial charge in [0, 0.05) is 6.61 Å². The number of imidazole rings is 1. The Hall–Kier alpha value is -1.49. The van der Waals surface area contributed by atoms with E-state index in [2.05, 4.69) is 16.1 Å². The number of aromatic amines is 1. The Kier molecular flexibility index (Phi) is 16.5. The van der Waals surface area contributed by atoms with Gasteiger partial charge in [-0.25, -0.2) is 18.0 Å². The van der Waals surface area contributed by atoms with Crippen molar-refractivity contribution in [1.82, 2.24) is 4.98 Å². The first kappa shape index (κ1) is 27.5. The third kappa shape index (κ3) is 18.3. The molecule has 9 nitrogen and oxygen atoms in total. The standard InChI is InChI=1S/C11H18N2O3.C8H18O4S/c1-3-6-15-7-8-16-11(14)9-10-12-4-5-13(10)2;1-2-3-4-5-6-7-8-12-13(9,10)11/h4-5H,3,6-9H2,1-2H3;2-8H2,1H3,(H,9,10,11). The van der Waals surface area contributed by atoms with E-state index in [1.54, 1.807) is 6.20 Å². The van der Waals surface area contributed by atoms with Crippen LogP contribution in [-0.2, 0) is 42.3 Å². The van der Waals surface area contributed by atoms with Crippen LogP contribution in [0.15, 0.2) is 12.4 Å².